The third-order valence-corrected chi connectivity index (χ3v) is 7.77. The van der Waals surface area contributed by atoms with Crippen LogP contribution in [0.5, 0.6) is 0 Å². The molecule has 2 atom stereocenters. The summed E-state index contributed by atoms with van der Waals surface area (Å²) < 4.78 is 0. The maximum Gasteiger partial charge on any atom is 0.226 e. The quantitative estimate of drug-likeness (QED) is 0.690. The fraction of sp³-hybridized carbons (Fsp3) is 0.750. The van der Waals surface area contributed by atoms with Crippen LogP contribution in [0.4, 0.5) is 5.13 Å². The largest absolute Gasteiger partial charge is 0.353 e. The highest BCUT2D eigenvalue weighted by Crippen LogP contribution is 2.42. The number of hydrogen-bond donors (Lipinski definition) is 2. The number of aromatic nitrogens is 1. The zero-order valence-corrected chi connectivity index (χ0v) is 17.8. The van der Waals surface area contributed by atoms with Crippen LogP contribution in [-0.2, 0) is 9.59 Å². The van der Waals surface area contributed by atoms with Crippen LogP contribution in [-0.4, -0.2) is 34.3 Å². The van der Waals surface area contributed by atoms with Crippen molar-refractivity contribution in [2.24, 2.45) is 5.41 Å². The van der Waals surface area contributed by atoms with Gasteiger partial charge in [-0.25, -0.2) is 4.98 Å². The number of carbonyl (C=O) groups excluding carboxylic acids is 2. The number of nitrogens with zero attached hydrogens (tertiary/aromatic N) is 1. The van der Waals surface area contributed by atoms with Gasteiger partial charge in [0.1, 0.15) is 0 Å². The Morgan fingerprint density at radius 3 is 2.67 bits per heavy atom. The molecule has 0 aliphatic heterocycles. The molecule has 0 radical (unpaired) electrons. The van der Waals surface area contributed by atoms with E-state index in [4.69, 9.17) is 0 Å². The predicted molar refractivity (Wildman–Crippen MR) is 113 cm³/mol. The summed E-state index contributed by atoms with van der Waals surface area (Å²) in [5.74, 6) is 0.116. The van der Waals surface area contributed by atoms with Gasteiger partial charge in [-0.2, -0.15) is 11.8 Å². The molecule has 2 unspecified atom stereocenters. The first-order valence-electron chi connectivity index (χ1n) is 10.1. The van der Waals surface area contributed by atoms with Crippen LogP contribution < -0.4 is 10.6 Å². The Kier molecular flexibility index (Phi) is 7.58. The van der Waals surface area contributed by atoms with E-state index >= 15 is 0 Å². The molecular formula is C20H31N3O2S2. The van der Waals surface area contributed by atoms with Crippen LogP contribution in [0.2, 0.25) is 0 Å². The number of amides is 2. The Morgan fingerprint density at radius 2 is 1.96 bits per heavy atom. The Bertz CT molecular complexity index is 615. The molecule has 2 amide bonds. The van der Waals surface area contributed by atoms with Gasteiger partial charge in [-0.3, -0.25) is 9.59 Å². The van der Waals surface area contributed by atoms with E-state index < -0.39 is 0 Å². The van der Waals surface area contributed by atoms with E-state index in [2.05, 4.69) is 21.9 Å². The molecule has 7 heteroatoms. The number of carbonyl (C=O) groups is 2. The molecule has 0 saturated heterocycles. The molecule has 0 bridgehead atoms. The molecule has 0 spiro atoms. The second-order valence-corrected chi connectivity index (χ2v) is 10.1. The van der Waals surface area contributed by atoms with E-state index in [0.29, 0.717) is 29.3 Å². The summed E-state index contributed by atoms with van der Waals surface area (Å²) in [5.41, 5.74) is -0.197. The van der Waals surface area contributed by atoms with Gasteiger partial charge in [-0.15, -0.1) is 11.3 Å². The van der Waals surface area contributed by atoms with Crippen LogP contribution in [0.15, 0.2) is 11.6 Å². The first-order valence-corrected chi connectivity index (χ1v) is 12.3. The molecule has 2 aliphatic rings. The Hall–Kier alpha value is -1.08. The average Bonchev–Trinajstić information content (AvgIpc) is 3.15. The number of nitrogens with one attached hydrogen (secondary N) is 2. The maximum absolute atomic E-state index is 12.8. The highest BCUT2D eigenvalue weighted by Gasteiger charge is 2.37. The summed E-state index contributed by atoms with van der Waals surface area (Å²) in [6.45, 7) is 0. The van der Waals surface area contributed by atoms with Crippen molar-refractivity contribution in [1.82, 2.24) is 10.3 Å². The minimum atomic E-state index is -0.197. The number of anilines is 1. The predicted octanol–water partition coefficient (Wildman–Crippen LogP) is 4.60. The second-order valence-electron chi connectivity index (χ2n) is 8.09. The molecule has 27 heavy (non-hydrogen) atoms. The molecular weight excluding hydrogens is 378 g/mol. The minimum Gasteiger partial charge on any atom is -0.353 e. The Labute approximate surface area is 170 Å². The zero-order valence-electron chi connectivity index (χ0n) is 16.2. The van der Waals surface area contributed by atoms with Gasteiger partial charge < -0.3 is 10.6 Å². The van der Waals surface area contributed by atoms with Crippen molar-refractivity contribution >= 4 is 40.0 Å². The van der Waals surface area contributed by atoms with E-state index in [1.54, 1.807) is 6.20 Å². The van der Waals surface area contributed by atoms with Gasteiger partial charge in [0.15, 0.2) is 5.13 Å². The van der Waals surface area contributed by atoms with Gasteiger partial charge in [0.05, 0.1) is 0 Å². The maximum atomic E-state index is 12.8. The summed E-state index contributed by atoms with van der Waals surface area (Å²) in [5, 5.41) is 9.33. The molecule has 150 valence electrons. The molecule has 2 N–H and O–H groups in total. The van der Waals surface area contributed by atoms with Crippen LogP contribution in [0.1, 0.15) is 70.6 Å². The van der Waals surface area contributed by atoms with Crippen LogP contribution >= 0.6 is 23.1 Å². The lowest BCUT2D eigenvalue weighted by molar-refractivity contribution is -0.126. The minimum absolute atomic E-state index is 0.0141. The zero-order chi connectivity index (χ0) is 19.1. The monoisotopic (exact) mass is 409 g/mol. The van der Waals surface area contributed by atoms with Gasteiger partial charge in [0.2, 0.25) is 11.8 Å². The molecule has 0 aromatic carbocycles. The van der Waals surface area contributed by atoms with Crippen LogP contribution in [0, 0.1) is 5.41 Å². The van der Waals surface area contributed by atoms with Gasteiger partial charge in [-0.05, 0) is 43.8 Å². The lowest BCUT2D eigenvalue weighted by atomic mass is 9.69. The lowest BCUT2D eigenvalue weighted by Crippen LogP contribution is -2.42. The fourth-order valence-corrected chi connectivity index (χ4v) is 5.99. The molecule has 3 rings (SSSR count). The molecule has 2 fully saturated rings. The normalized spacial score (nSPS) is 24.9. The van der Waals surface area contributed by atoms with E-state index in [0.717, 1.165) is 38.5 Å². The topological polar surface area (TPSA) is 71.1 Å². The Morgan fingerprint density at radius 1 is 1.19 bits per heavy atom. The molecule has 5 nitrogen and oxygen atoms in total. The molecule has 1 aromatic rings. The summed E-state index contributed by atoms with van der Waals surface area (Å²) >= 11 is 3.34. The van der Waals surface area contributed by atoms with Crippen molar-refractivity contribution in [3.63, 3.8) is 0 Å². The van der Waals surface area contributed by atoms with E-state index in [9.17, 15) is 9.59 Å². The van der Waals surface area contributed by atoms with Gasteiger partial charge in [0, 0.05) is 35.7 Å². The first-order chi connectivity index (χ1) is 13.1. The van der Waals surface area contributed by atoms with Gasteiger partial charge in [-0.1, -0.05) is 25.7 Å². The standard InChI is InChI=1S/C20H31N3O2S2/c1-26-16-7-5-6-15(12-16)22-17(24)13-20(8-3-2-4-9-20)14-18(25)23-19-21-10-11-27-19/h10-11,15-16H,2-9,12-14H2,1H3,(H,22,24)(H,21,23,25). The third-order valence-electron chi connectivity index (χ3n) is 5.99. The first kappa shape index (κ1) is 20.6. The summed E-state index contributed by atoms with van der Waals surface area (Å²) in [6, 6.07) is 0.300. The summed E-state index contributed by atoms with van der Waals surface area (Å²) in [7, 11) is 0. The van der Waals surface area contributed by atoms with Crippen molar-refractivity contribution in [3.8, 4) is 0 Å². The van der Waals surface area contributed by atoms with Crippen molar-refractivity contribution < 1.29 is 9.59 Å². The van der Waals surface area contributed by atoms with Crippen LogP contribution in [0.3, 0.4) is 0 Å². The number of thioether (sulfide) groups is 1. The third kappa shape index (κ3) is 6.21. The van der Waals surface area contributed by atoms with E-state index in [1.165, 1.54) is 30.6 Å². The fourth-order valence-electron chi connectivity index (χ4n) is 4.62. The van der Waals surface area contributed by atoms with Gasteiger partial charge in [0.25, 0.3) is 0 Å². The van der Waals surface area contributed by atoms with Gasteiger partial charge >= 0.3 is 0 Å². The molecule has 1 heterocycles. The number of hydrogen-bond acceptors (Lipinski definition) is 5. The highest BCUT2D eigenvalue weighted by molar-refractivity contribution is 7.99. The van der Waals surface area contributed by atoms with E-state index in [1.807, 2.05) is 17.1 Å². The SMILES string of the molecule is CSC1CCCC(NC(=O)CC2(CC(=O)Nc3nccs3)CCCCC2)C1. The molecule has 1 aromatic heterocycles. The second kappa shape index (κ2) is 9.92. The smallest absolute Gasteiger partial charge is 0.226 e. The highest BCUT2D eigenvalue weighted by atomic mass is 32.2. The lowest BCUT2D eigenvalue weighted by Gasteiger charge is -2.37. The van der Waals surface area contributed by atoms with Crippen molar-refractivity contribution in [3.05, 3.63) is 11.6 Å². The number of thiazole rings is 1. The van der Waals surface area contributed by atoms with Crippen molar-refractivity contribution in [2.75, 3.05) is 11.6 Å². The van der Waals surface area contributed by atoms with Crippen molar-refractivity contribution in [2.45, 2.75) is 81.9 Å². The molecule has 2 saturated carbocycles. The van der Waals surface area contributed by atoms with Crippen LogP contribution in [0.25, 0.3) is 0 Å². The van der Waals surface area contributed by atoms with E-state index in [-0.39, 0.29) is 17.2 Å². The Balaban J connectivity index is 1.56. The summed E-state index contributed by atoms with van der Waals surface area (Å²) in [6.07, 6.45) is 14.7. The molecule has 2 aliphatic carbocycles. The summed E-state index contributed by atoms with van der Waals surface area (Å²) in [4.78, 5) is 29.5. The number of rotatable bonds is 7. The van der Waals surface area contributed by atoms with Crippen molar-refractivity contribution in [1.29, 1.82) is 0 Å². The average molecular weight is 410 g/mol.